The molecule has 6 heteroatoms. The first-order valence-corrected chi connectivity index (χ1v) is 11.1. The van der Waals surface area contributed by atoms with Crippen molar-refractivity contribution in [2.45, 2.75) is 83.8 Å². The Labute approximate surface area is 178 Å². The van der Waals surface area contributed by atoms with Crippen LogP contribution in [-0.4, -0.2) is 34.0 Å². The topological polar surface area (TPSA) is 75.4 Å². The van der Waals surface area contributed by atoms with E-state index in [4.69, 9.17) is 4.52 Å². The Hall–Kier alpha value is -2.63. The van der Waals surface area contributed by atoms with Crippen LogP contribution in [0.25, 0.3) is 0 Å². The highest BCUT2D eigenvalue weighted by Gasteiger charge is 2.43. The Kier molecular flexibility index (Phi) is 5.93. The summed E-state index contributed by atoms with van der Waals surface area (Å²) < 4.78 is 5.25. The molecule has 2 aliphatic rings. The highest BCUT2D eigenvalue weighted by Crippen LogP contribution is 2.37. The number of aromatic nitrogens is 1. The fourth-order valence-electron chi connectivity index (χ4n) is 4.48. The summed E-state index contributed by atoms with van der Waals surface area (Å²) in [6, 6.07) is 7.54. The lowest BCUT2D eigenvalue weighted by Crippen LogP contribution is -2.48. The lowest BCUT2D eigenvalue weighted by Gasteiger charge is -2.33. The monoisotopic (exact) mass is 409 g/mol. The maximum atomic E-state index is 13.7. The molecule has 160 valence electrons. The highest BCUT2D eigenvalue weighted by atomic mass is 16.5. The molecule has 1 atom stereocenters. The van der Waals surface area contributed by atoms with E-state index in [2.05, 4.69) is 10.5 Å². The number of nitrogens with zero attached hydrogens (tertiary/aromatic N) is 2. The van der Waals surface area contributed by atoms with Crippen LogP contribution in [0.15, 0.2) is 28.8 Å². The Morgan fingerprint density at radius 3 is 2.27 bits per heavy atom. The van der Waals surface area contributed by atoms with E-state index in [0.29, 0.717) is 17.0 Å². The van der Waals surface area contributed by atoms with E-state index < -0.39 is 6.04 Å². The Bertz CT molecular complexity index is 889. The minimum absolute atomic E-state index is 0.0645. The van der Waals surface area contributed by atoms with Gasteiger partial charge in [-0.25, -0.2) is 0 Å². The van der Waals surface area contributed by atoms with Crippen LogP contribution in [0, 0.1) is 20.8 Å². The van der Waals surface area contributed by atoms with E-state index in [1.54, 1.807) is 18.7 Å². The third kappa shape index (κ3) is 4.27. The first-order chi connectivity index (χ1) is 14.5. The van der Waals surface area contributed by atoms with Crippen LogP contribution in [0.5, 0.6) is 0 Å². The van der Waals surface area contributed by atoms with Gasteiger partial charge in [0.25, 0.3) is 5.91 Å². The minimum Gasteiger partial charge on any atom is -0.361 e. The number of rotatable bonds is 6. The van der Waals surface area contributed by atoms with Gasteiger partial charge in [0.2, 0.25) is 5.91 Å². The fourth-order valence-corrected chi connectivity index (χ4v) is 4.48. The first-order valence-electron chi connectivity index (χ1n) is 11.1. The summed E-state index contributed by atoms with van der Waals surface area (Å²) in [7, 11) is 0. The van der Waals surface area contributed by atoms with Crippen molar-refractivity contribution < 1.29 is 14.1 Å². The van der Waals surface area contributed by atoms with E-state index in [0.717, 1.165) is 49.7 Å². The van der Waals surface area contributed by atoms with E-state index in [1.807, 2.05) is 31.2 Å². The summed E-state index contributed by atoms with van der Waals surface area (Å²) in [5.41, 5.74) is 3.02. The zero-order chi connectivity index (χ0) is 21.3. The van der Waals surface area contributed by atoms with Crippen molar-refractivity contribution in [3.8, 4) is 0 Å². The Morgan fingerprint density at radius 2 is 1.70 bits per heavy atom. The van der Waals surface area contributed by atoms with E-state index in [9.17, 15) is 9.59 Å². The molecule has 6 nitrogen and oxygen atoms in total. The third-order valence-corrected chi connectivity index (χ3v) is 6.29. The number of benzene rings is 1. The van der Waals surface area contributed by atoms with Gasteiger partial charge in [-0.15, -0.1) is 0 Å². The van der Waals surface area contributed by atoms with Gasteiger partial charge < -0.3 is 14.7 Å². The molecular weight excluding hydrogens is 378 g/mol. The molecule has 1 unspecified atom stereocenters. The van der Waals surface area contributed by atoms with E-state index in [1.165, 1.54) is 6.42 Å². The number of nitrogens with one attached hydrogen (secondary N) is 1. The third-order valence-electron chi connectivity index (χ3n) is 6.29. The van der Waals surface area contributed by atoms with Crippen molar-refractivity contribution in [3.63, 3.8) is 0 Å². The van der Waals surface area contributed by atoms with Crippen LogP contribution in [0.3, 0.4) is 0 Å². The molecule has 2 aromatic rings. The molecule has 0 bridgehead atoms. The molecule has 2 amide bonds. The predicted octanol–water partition coefficient (Wildman–Crippen LogP) is 4.39. The van der Waals surface area contributed by atoms with Gasteiger partial charge in [-0.1, -0.05) is 54.2 Å². The van der Waals surface area contributed by atoms with Crippen LogP contribution in [-0.2, 0) is 4.79 Å². The van der Waals surface area contributed by atoms with Gasteiger partial charge in [0.15, 0.2) is 0 Å². The van der Waals surface area contributed by atoms with Crippen molar-refractivity contribution in [1.82, 2.24) is 15.4 Å². The molecule has 1 N–H and O–H groups in total. The number of hydrogen-bond donors (Lipinski definition) is 1. The number of hydrogen-bond acceptors (Lipinski definition) is 4. The van der Waals surface area contributed by atoms with Gasteiger partial charge in [0.1, 0.15) is 17.4 Å². The van der Waals surface area contributed by atoms with E-state index >= 15 is 0 Å². The Balaban J connectivity index is 1.69. The summed E-state index contributed by atoms with van der Waals surface area (Å²) in [5.74, 6) is 0.245. The minimum atomic E-state index is -0.652. The summed E-state index contributed by atoms with van der Waals surface area (Å²) in [4.78, 5) is 29.0. The summed E-state index contributed by atoms with van der Waals surface area (Å²) in [6.07, 6.45) is 7.35. The quantitative estimate of drug-likeness (QED) is 0.767. The molecule has 1 aromatic heterocycles. The van der Waals surface area contributed by atoms with E-state index in [-0.39, 0.29) is 23.9 Å². The molecule has 2 saturated carbocycles. The van der Waals surface area contributed by atoms with Gasteiger partial charge >= 0.3 is 0 Å². The summed E-state index contributed by atoms with van der Waals surface area (Å²) >= 11 is 0. The normalized spacial score (nSPS) is 18.1. The molecule has 0 spiro atoms. The average molecular weight is 410 g/mol. The molecule has 1 aromatic carbocycles. The fraction of sp³-hybridized carbons (Fsp3) is 0.542. The van der Waals surface area contributed by atoms with Gasteiger partial charge in [-0.3, -0.25) is 9.59 Å². The lowest BCUT2D eigenvalue weighted by molar-refractivity contribution is -0.127. The summed E-state index contributed by atoms with van der Waals surface area (Å²) in [5, 5.41) is 7.21. The molecular formula is C24H31N3O3. The largest absolute Gasteiger partial charge is 0.361 e. The standard InChI is InChI=1S/C24H31N3O3/c1-15-9-11-18(12-10-15)22(23(28)25-19-7-5-4-6-8-19)27(20-13-14-20)24(29)21-16(2)26-30-17(21)3/h9-12,19-20,22H,4-8,13-14H2,1-3H3,(H,25,28). The summed E-state index contributed by atoms with van der Waals surface area (Å²) in [6.45, 7) is 5.55. The maximum absolute atomic E-state index is 13.7. The average Bonchev–Trinajstić information content (AvgIpc) is 3.51. The van der Waals surface area contributed by atoms with Crippen LogP contribution in [0.4, 0.5) is 0 Å². The van der Waals surface area contributed by atoms with Crippen LogP contribution in [0.1, 0.15) is 83.9 Å². The molecule has 30 heavy (non-hydrogen) atoms. The first kappa shape index (κ1) is 20.6. The zero-order valence-corrected chi connectivity index (χ0v) is 18.1. The molecule has 4 rings (SSSR count). The van der Waals surface area contributed by atoms with Crippen molar-refractivity contribution >= 4 is 11.8 Å². The predicted molar refractivity (Wildman–Crippen MR) is 114 cm³/mol. The number of amides is 2. The highest BCUT2D eigenvalue weighted by molar-refractivity contribution is 5.99. The van der Waals surface area contributed by atoms with Crippen molar-refractivity contribution in [2.75, 3.05) is 0 Å². The molecule has 2 fully saturated rings. The number of carbonyl (C=O) groups is 2. The number of carbonyl (C=O) groups excluding carboxylic acids is 2. The van der Waals surface area contributed by atoms with Crippen molar-refractivity contribution in [1.29, 1.82) is 0 Å². The van der Waals surface area contributed by atoms with Crippen LogP contribution >= 0.6 is 0 Å². The maximum Gasteiger partial charge on any atom is 0.260 e. The molecule has 0 saturated heterocycles. The SMILES string of the molecule is Cc1ccc(C(C(=O)NC2CCCCC2)N(C(=O)c2c(C)noc2C)C2CC2)cc1. The second kappa shape index (κ2) is 8.62. The van der Waals surface area contributed by atoms with Gasteiger partial charge in [0.05, 0.1) is 5.69 Å². The molecule has 2 aliphatic carbocycles. The van der Waals surface area contributed by atoms with Crippen LogP contribution in [0.2, 0.25) is 0 Å². The van der Waals surface area contributed by atoms with Gasteiger partial charge in [-0.2, -0.15) is 0 Å². The lowest BCUT2D eigenvalue weighted by atomic mass is 9.94. The second-order valence-electron chi connectivity index (χ2n) is 8.80. The zero-order valence-electron chi connectivity index (χ0n) is 18.1. The Morgan fingerprint density at radius 1 is 1.03 bits per heavy atom. The smallest absolute Gasteiger partial charge is 0.260 e. The number of aryl methyl sites for hydroxylation is 3. The second-order valence-corrected chi connectivity index (χ2v) is 8.80. The molecule has 0 aliphatic heterocycles. The van der Waals surface area contributed by atoms with Gasteiger partial charge in [-0.05, 0) is 52.0 Å². The van der Waals surface area contributed by atoms with Crippen LogP contribution < -0.4 is 5.32 Å². The van der Waals surface area contributed by atoms with Crippen molar-refractivity contribution in [3.05, 3.63) is 52.4 Å². The molecule has 0 radical (unpaired) electrons. The molecule has 1 heterocycles. The van der Waals surface area contributed by atoms with Crippen molar-refractivity contribution in [2.24, 2.45) is 0 Å². The van der Waals surface area contributed by atoms with Gasteiger partial charge in [0, 0.05) is 12.1 Å².